The largest absolute Gasteiger partial charge is 0.489 e. The van der Waals surface area contributed by atoms with Crippen molar-refractivity contribution >= 4 is 23.1 Å². The van der Waals surface area contributed by atoms with E-state index in [4.69, 9.17) is 16.3 Å². The number of ketones is 1. The summed E-state index contributed by atoms with van der Waals surface area (Å²) in [6.07, 6.45) is 0. The second-order valence-corrected chi connectivity index (χ2v) is 4.53. The van der Waals surface area contributed by atoms with E-state index in [-0.39, 0.29) is 17.1 Å². The lowest BCUT2D eigenvalue weighted by atomic mass is 10.1. The van der Waals surface area contributed by atoms with E-state index in [2.05, 4.69) is 0 Å². The van der Waals surface area contributed by atoms with E-state index in [1.54, 1.807) is 0 Å². The highest BCUT2D eigenvalue weighted by Gasteiger charge is 2.20. The zero-order valence-electron chi connectivity index (χ0n) is 11.0. The van der Waals surface area contributed by atoms with Crippen LogP contribution in [0.5, 0.6) is 5.75 Å². The Balaban J connectivity index is 2.20. The highest BCUT2D eigenvalue weighted by Crippen LogP contribution is 2.26. The van der Waals surface area contributed by atoms with Gasteiger partial charge in [0, 0.05) is 0 Å². The summed E-state index contributed by atoms with van der Waals surface area (Å²) in [4.78, 5) is 22.0. The first-order valence-corrected chi connectivity index (χ1v) is 6.69. The lowest BCUT2D eigenvalue weighted by molar-refractivity contribution is -0.385. The van der Waals surface area contributed by atoms with E-state index in [1.807, 2.05) is 30.3 Å². The maximum Gasteiger partial charge on any atom is 0.283 e. The number of alkyl halides is 1. The van der Waals surface area contributed by atoms with Crippen molar-refractivity contribution in [3.8, 4) is 5.75 Å². The molecular weight excluding hydrogens is 294 g/mol. The van der Waals surface area contributed by atoms with Crippen LogP contribution in [0.25, 0.3) is 0 Å². The number of ether oxygens (including phenoxy) is 1. The van der Waals surface area contributed by atoms with Crippen molar-refractivity contribution in [2.45, 2.75) is 6.61 Å². The molecule has 0 saturated carbocycles. The van der Waals surface area contributed by atoms with Gasteiger partial charge in [0.2, 0.25) is 0 Å². The molecule has 0 bridgehead atoms. The molecule has 0 aromatic heterocycles. The van der Waals surface area contributed by atoms with Crippen LogP contribution in [0.4, 0.5) is 5.69 Å². The highest BCUT2D eigenvalue weighted by atomic mass is 35.5. The summed E-state index contributed by atoms with van der Waals surface area (Å²) >= 11 is 5.44. The average molecular weight is 306 g/mol. The molecule has 0 fully saturated rings. The van der Waals surface area contributed by atoms with Crippen LogP contribution in [0.2, 0.25) is 0 Å². The molecule has 0 N–H and O–H groups in total. The Bertz CT molecular complexity index is 658. The molecule has 21 heavy (non-hydrogen) atoms. The van der Waals surface area contributed by atoms with Crippen LogP contribution in [-0.2, 0) is 6.61 Å². The third kappa shape index (κ3) is 3.79. The number of nitrogens with zero attached hydrogens (tertiary/aromatic N) is 1. The summed E-state index contributed by atoms with van der Waals surface area (Å²) in [5, 5.41) is 11.0. The first-order valence-electron chi connectivity index (χ1n) is 6.16. The van der Waals surface area contributed by atoms with Crippen molar-refractivity contribution in [2.24, 2.45) is 0 Å². The summed E-state index contributed by atoms with van der Waals surface area (Å²) in [7, 11) is 0. The van der Waals surface area contributed by atoms with Gasteiger partial charge in [0.1, 0.15) is 12.4 Å². The minimum Gasteiger partial charge on any atom is -0.489 e. The van der Waals surface area contributed by atoms with Gasteiger partial charge in [-0.25, -0.2) is 0 Å². The molecule has 108 valence electrons. The monoisotopic (exact) mass is 305 g/mol. The summed E-state index contributed by atoms with van der Waals surface area (Å²) in [5.74, 6) is -0.458. The molecule has 0 aliphatic carbocycles. The first-order chi connectivity index (χ1) is 10.1. The summed E-state index contributed by atoms with van der Waals surface area (Å²) < 4.78 is 5.50. The zero-order chi connectivity index (χ0) is 15.2. The van der Waals surface area contributed by atoms with Gasteiger partial charge < -0.3 is 4.74 Å². The number of Topliss-reactive ketones (excluding diaryl/α,β-unsaturated/α-hetero) is 1. The molecule has 0 atom stereocenters. The lowest BCUT2D eigenvalue weighted by Gasteiger charge is -2.07. The van der Waals surface area contributed by atoms with Gasteiger partial charge >= 0.3 is 0 Å². The molecule has 0 spiro atoms. The predicted molar refractivity (Wildman–Crippen MR) is 78.9 cm³/mol. The van der Waals surface area contributed by atoms with Gasteiger partial charge in [-0.2, -0.15) is 0 Å². The van der Waals surface area contributed by atoms with Crippen molar-refractivity contribution in [1.29, 1.82) is 0 Å². The maximum absolute atomic E-state index is 11.6. The fraction of sp³-hybridized carbons (Fsp3) is 0.133. The van der Waals surface area contributed by atoms with Gasteiger partial charge in [-0.05, 0) is 17.7 Å². The van der Waals surface area contributed by atoms with Crippen LogP contribution in [-0.4, -0.2) is 16.6 Å². The fourth-order valence-electron chi connectivity index (χ4n) is 1.80. The minimum atomic E-state index is -0.616. The number of nitro groups is 1. The number of nitro benzene ring substituents is 1. The third-order valence-electron chi connectivity index (χ3n) is 2.84. The van der Waals surface area contributed by atoms with Crippen LogP contribution in [0.3, 0.4) is 0 Å². The van der Waals surface area contributed by atoms with Crippen LogP contribution in [0, 0.1) is 10.1 Å². The fourth-order valence-corrected chi connectivity index (χ4v) is 1.94. The van der Waals surface area contributed by atoms with E-state index in [0.29, 0.717) is 12.4 Å². The topological polar surface area (TPSA) is 69.4 Å². The van der Waals surface area contributed by atoms with Crippen LogP contribution < -0.4 is 4.74 Å². The standard InChI is InChI=1S/C15H12ClNO4/c16-9-15(18)13-7-6-12(8-14(13)17(19)20)21-10-11-4-2-1-3-5-11/h1-8H,9-10H2. The Kier molecular flexibility index (Phi) is 4.90. The Morgan fingerprint density at radius 1 is 1.19 bits per heavy atom. The van der Waals surface area contributed by atoms with Crippen LogP contribution in [0.15, 0.2) is 48.5 Å². The Labute approximate surface area is 126 Å². The molecule has 2 aromatic rings. The zero-order valence-corrected chi connectivity index (χ0v) is 11.7. The van der Waals surface area contributed by atoms with Crippen molar-refractivity contribution in [2.75, 3.05) is 5.88 Å². The first kappa shape index (κ1) is 15.0. The van der Waals surface area contributed by atoms with Gasteiger partial charge in [-0.15, -0.1) is 11.6 Å². The predicted octanol–water partition coefficient (Wildman–Crippen LogP) is 3.60. The van der Waals surface area contributed by atoms with Crippen molar-refractivity contribution in [3.05, 3.63) is 69.8 Å². The molecule has 0 aliphatic rings. The normalized spacial score (nSPS) is 10.1. The number of carbonyl (C=O) groups excluding carboxylic acids is 1. The number of hydrogen-bond donors (Lipinski definition) is 0. The Hall–Kier alpha value is -2.40. The SMILES string of the molecule is O=C(CCl)c1ccc(OCc2ccccc2)cc1[N+](=O)[O-]. The Morgan fingerprint density at radius 3 is 2.52 bits per heavy atom. The number of rotatable bonds is 6. The molecule has 0 heterocycles. The highest BCUT2D eigenvalue weighted by molar-refractivity contribution is 6.31. The van der Waals surface area contributed by atoms with E-state index < -0.39 is 10.7 Å². The number of halogens is 1. The molecule has 0 radical (unpaired) electrons. The van der Waals surface area contributed by atoms with Gasteiger partial charge in [-0.3, -0.25) is 14.9 Å². The molecule has 0 aliphatic heterocycles. The molecular formula is C15H12ClNO4. The lowest BCUT2D eigenvalue weighted by Crippen LogP contribution is -2.05. The third-order valence-corrected chi connectivity index (χ3v) is 3.08. The summed E-state index contributed by atoms with van der Waals surface area (Å²) in [5.41, 5.74) is 0.634. The van der Waals surface area contributed by atoms with Gasteiger partial charge in [0.25, 0.3) is 5.69 Å². The van der Waals surface area contributed by atoms with E-state index in [0.717, 1.165) is 5.56 Å². The molecule has 6 heteroatoms. The molecule has 2 rings (SSSR count). The molecule has 0 amide bonds. The number of hydrogen-bond acceptors (Lipinski definition) is 4. The van der Waals surface area contributed by atoms with Crippen molar-refractivity contribution in [1.82, 2.24) is 0 Å². The van der Waals surface area contributed by atoms with Crippen LogP contribution >= 0.6 is 11.6 Å². The second kappa shape index (κ2) is 6.85. The van der Waals surface area contributed by atoms with Crippen molar-refractivity contribution in [3.63, 3.8) is 0 Å². The maximum atomic E-state index is 11.6. The molecule has 5 nitrogen and oxygen atoms in total. The van der Waals surface area contributed by atoms with E-state index in [9.17, 15) is 14.9 Å². The summed E-state index contributed by atoms with van der Waals surface area (Å²) in [6.45, 7) is 0.292. The van der Waals surface area contributed by atoms with Crippen molar-refractivity contribution < 1.29 is 14.5 Å². The quantitative estimate of drug-likeness (QED) is 0.354. The van der Waals surface area contributed by atoms with Gasteiger partial charge in [0.15, 0.2) is 5.78 Å². The second-order valence-electron chi connectivity index (χ2n) is 4.27. The van der Waals surface area contributed by atoms with E-state index in [1.165, 1.54) is 18.2 Å². The van der Waals surface area contributed by atoms with Gasteiger partial charge in [0.05, 0.1) is 22.4 Å². The average Bonchev–Trinajstić information content (AvgIpc) is 2.52. The molecule has 2 aromatic carbocycles. The summed E-state index contributed by atoms with van der Waals surface area (Å²) in [6, 6.07) is 13.6. The van der Waals surface area contributed by atoms with Gasteiger partial charge in [-0.1, -0.05) is 30.3 Å². The minimum absolute atomic E-state index is 0.0120. The Morgan fingerprint density at radius 2 is 1.90 bits per heavy atom. The smallest absolute Gasteiger partial charge is 0.283 e. The number of carbonyl (C=O) groups is 1. The number of benzene rings is 2. The van der Waals surface area contributed by atoms with Crippen LogP contribution in [0.1, 0.15) is 15.9 Å². The van der Waals surface area contributed by atoms with E-state index >= 15 is 0 Å². The molecule has 0 unspecified atom stereocenters. The molecule has 0 saturated heterocycles.